The predicted octanol–water partition coefficient (Wildman–Crippen LogP) is 4.20. The smallest absolute Gasteiger partial charge is 0.132 e. The molecule has 100 valence electrons. The number of hydrogen-bond acceptors (Lipinski definition) is 4. The van der Waals surface area contributed by atoms with E-state index in [0.29, 0.717) is 10.9 Å². The highest BCUT2D eigenvalue weighted by Gasteiger charge is 2.07. The van der Waals surface area contributed by atoms with Crippen LogP contribution in [0, 0.1) is 12.7 Å². The number of aryl methyl sites for hydroxylation is 1. The predicted molar refractivity (Wildman–Crippen MR) is 80.2 cm³/mol. The largest absolute Gasteiger partial charge is 0.322 e. The molecule has 0 radical (unpaired) electrons. The maximum atomic E-state index is 13.7. The lowest BCUT2D eigenvalue weighted by Gasteiger charge is -2.08. The van der Waals surface area contributed by atoms with Crippen molar-refractivity contribution in [2.24, 2.45) is 0 Å². The number of aromatic nitrogens is 2. The number of rotatable bonds is 3. The fourth-order valence-electron chi connectivity index (χ4n) is 1.84. The monoisotopic (exact) mass is 285 g/mol. The summed E-state index contributed by atoms with van der Waals surface area (Å²) in [7, 11) is 0. The molecule has 0 unspecified atom stereocenters. The van der Waals surface area contributed by atoms with Crippen molar-refractivity contribution in [3.8, 4) is 0 Å². The third-order valence-corrected chi connectivity index (χ3v) is 3.64. The molecule has 0 aliphatic carbocycles. The Bertz CT molecular complexity index is 744. The van der Waals surface area contributed by atoms with E-state index in [1.807, 2.05) is 25.3 Å². The van der Waals surface area contributed by atoms with Crippen LogP contribution in [0.2, 0.25) is 0 Å². The normalized spacial score (nSPS) is 10.7. The first-order valence-electron chi connectivity index (χ1n) is 6.13. The second-order valence-corrected chi connectivity index (χ2v) is 5.20. The SMILES string of the molecule is Cc1ccc(SNc2ccc(F)c3cccnc23)nc1. The Hall–Kier alpha value is -2.14. The molecule has 0 fully saturated rings. The maximum absolute atomic E-state index is 13.7. The Balaban J connectivity index is 1.88. The van der Waals surface area contributed by atoms with Crippen molar-refractivity contribution in [3.05, 3.63) is 60.2 Å². The summed E-state index contributed by atoms with van der Waals surface area (Å²) in [4.78, 5) is 8.53. The van der Waals surface area contributed by atoms with Gasteiger partial charge in [-0.05, 0) is 42.8 Å². The standard InChI is InChI=1S/C15H12FN3S/c1-10-4-7-14(18-9-10)20-19-13-6-5-12(16)11-3-2-8-17-15(11)13/h2-9,19H,1H3. The third kappa shape index (κ3) is 2.58. The van der Waals surface area contributed by atoms with E-state index in [1.165, 1.54) is 18.0 Å². The molecule has 0 aliphatic heterocycles. The van der Waals surface area contributed by atoms with Gasteiger partial charge >= 0.3 is 0 Å². The van der Waals surface area contributed by atoms with Crippen molar-refractivity contribution in [1.82, 2.24) is 9.97 Å². The van der Waals surface area contributed by atoms with Crippen molar-refractivity contribution >= 4 is 28.5 Å². The van der Waals surface area contributed by atoms with Gasteiger partial charge in [0.05, 0.1) is 11.2 Å². The highest BCUT2D eigenvalue weighted by Crippen LogP contribution is 2.27. The first kappa shape index (κ1) is 12.9. The van der Waals surface area contributed by atoms with Crippen LogP contribution in [0.25, 0.3) is 10.9 Å². The minimum atomic E-state index is -0.267. The third-order valence-electron chi connectivity index (χ3n) is 2.87. The molecule has 2 heterocycles. The number of nitrogens with zero attached hydrogens (tertiary/aromatic N) is 2. The molecule has 3 aromatic rings. The van der Waals surface area contributed by atoms with Crippen LogP contribution in [-0.4, -0.2) is 9.97 Å². The van der Waals surface area contributed by atoms with Gasteiger partial charge in [-0.3, -0.25) is 4.98 Å². The zero-order valence-corrected chi connectivity index (χ0v) is 11.6. The molecule has 20 heavy (non-hydrogen) atoms. The van der Waals surface area contributed by atoms with Crippen LogP contribution < -0.4 is 4.72 Å². The zero-order chi connectivity index (χ0) is 13.9. The van der Waals surface area contributed by atoms with Crippen LogP contribution in [0.15, 0.2) is 53.8 Å². The van der Waals surface area contributed by atoms with E-state index >= 15 is 0 Å². The van der Waals surface area contributed by atoms with Gasteiger partial charge in [0, 0.05) is 29.7 Å². The number of pyridine rings is 2. The van der Waals surface area contributed by atoms with Gasteiger partial charge in [0.25, 0.3) is 0 Å². The van der Waals surface area contributed by atoms with Crippen molar-refractivity contribution < 1.29 is 4.39 Å². The first-order valence-corrected chi connectivity index (χ1v) is 6.94. The summed E-state index contributed by atoms with van der Waals surface area (Å²) in [6, 6.07) is 10.5. The van der Waals surface area contributed by atoms with Crippen molar-refractivity contribution in [2.45, 2.75) is 11.9 Å². The molecular weight excluding hydrogens is 273 g/mol. The van der Waals surface area contributed by atoms with Gasteiger partial charge in [-0.2, -0.15) is 0 Å². The average Bonchev–Trinajstić information content (AvgIpc) is 2.49. The van der Waals surface area contributed by atoms with Gasteiger partial charge in [-0.15, -0.1) is 0 Å². The van der Waals surface area contributed by atoms with Crippen LogP contribution in [-0.2, 0) is 0 Å². The molecule has 5 heteroatoms. The summed E-state index contributed by atoms with van der Waals surface area (Å²) in [5.41, 5.74) is 2.50. The van der Waals surface area contributed by atoms with Crippen molar-refractivity contribution in [3.63, 3.8) is 0 Å². The van der Waals surface area contributed by atoms with E-state index in [-0.39, 0.29) is 5.82 Å². The summed E-state index contributed by atoms with van der Waals surface area (Å²) >= 11 is 1.38. The van der Waals surface area contributed by atoms with Crippen LogP contribution in [0.1, 0.15) is 5.56 Å². The lowest BCUT2D eigenvalue weighted by atomic mass is 10.2. The summed E-state index contributed by atoms with van der Waals surface area (Å²) in [5, 5.41) is 1.36. The highest BCUT2D eigenvalue weighted by molar-refractivity contribution is 8.00. The molecular formula is C15H12FN3S. The lowest BCUT2D eigenvalue weighted by molar-refractivity contribution is 0.639. The highest BCUT2D eigenvalue weighted by atomic mass is 32.2. The van der Waals surface area contributed by atoms with Gasteiger partial charge in [-0.25, -0.2) is 9.37 Å². The van der Waals surface area contributed by atoms with Gasteiger partial charge in [0.1, 0.15) is 10.8 Å². The topological polar surface area (TPSA) is 37.8 Å². The molecule has 0 aliphatic rings. The van der Waals surface area contributed by atoms with Crippen molar-refractivity contribution in [1.29, 1.82) is 0 Å². The first-order chi connectivity index (χ1) is 9.74. The summed E-state index contributed by atoms with van der Waals surface area (Å²) in [5.74, 6) is -0.267. The zero-order valence-electron chi connectivity index (χ0n) is 10.8. The summed E-state index contributed by atoms with van der Waals surface area (Å²) in [6.07, 6.45) is 3.47. The Morgan fingerprint density at radius 2 is 2.00 bits per heavy atom. The quantitative estimate of drug-likeness (QED) is 0.732. The van der Waals surface area contributed by atoms with E-state index in [2.05, 4.69) is 14.7 Å². The van der Waals surface area contributed by atoms with Gasteiger partial charge in [0.15, 0.2) is 0 Å². The van der Waals surface area contributed by atoms with Crippen LogP contribution in [0.5, 0.6) is 0 Å². The van der Waals surface area contributed by atoms with E-state index in [4.69, 9.17) is 0 Å². The Morgan fingerprint density at radius 3 is 2.80 bits per heavy atom. The average molecular weight is 285 g/mol. The van der Waals surface area contributed by atoms with Gasteiger partial charge < -0.3 is 4.72 Å². The number of nitrogens with one attached hydrogen (secondary N) is 1. The van der Waals surface area contributed by atoms with E-state index in [9.17, 15) is 4.39 Å². The molecule has 0 amide bonds. The molecule has 0 spiro atoms. The van der Waals surface area contributed by atoms with Crippen LogP contribution in [0.4, 0.5) is 10.1 Å². The number of hydrogen-bond donors (Lipinski definition) is 1. The number of halogens is 1. The molecule has 1 N–H and O–H groups in total. The number of benzene rings is 1. The maximum Gasteiger partial charge on any atom is 0.132 e. The molecule has 0 saturated carbocycles. The summed E-state index contributed by atoms with van der Waals surface area (Å²) < 4.78 is 16.9. The van der Waals surface area contributed by atoms with E-state index < -0.39 is 0 Å². The van der Waals surface area contributed by atoms with Crippen LogP contribution >= 0.6 is 11.9 Å². The molecule has 2 aromatic heterocycles. The minimum Gasteiger partial charge on any atom is -0.322 e. The van der Waals surface area contributed by atoms with E-state index in [0.717, 1.165) is 16.3 Å². The summed E-state index contributed by atoms with van der Waals surface area (Å²) in [6.45, 7) is 1.99. The lowest BCUT2D eigenvalue weighted by Crippen LogP contribution is -1.93. The Morgan fingerprint density at radius 1 is 1.10 bits per heavy atom. The Kier molecular flexibility index (Phi) is 3.52. The van der Waals surface area contributed by atoms with E-state index in [1.54, 1.807) is 24.4 Å². The van der Waals surface area contributed by atoms with Gasteiger partial charge in [-0.1, -0.05) is 6.07 Å². The Labute approximate surface area is 120 Å². The molecule has 0 saturated heterocycles. The molecule has 0 atom stereocenters. The number of anilines is 1. The van der Waals surface area contributed by atoms with Gasteiger partial charge in [0.2, 0.25) is 0 Å². The molecule has 0 bridgehead atoms. The fourth-order valence-corrected chi connectivity index (χ4v) is 2.46. The second-order valence-electron chi connectivity index (χ2n) is 4.37. The number of fused-ring (bicyclic) bond motifs is 1. The van der Waals surface area contributed by atoms with Crippen LogP contribution in [0.3, 0.4) is 0 Å². The fraction of sp³-hybridized carbons (Fsp3) is 0.0667. The molecule has 1 aromatic carbocycles. The minimum absolute atomic E-state index is 0.267. The second kappa shape index (κ2) is 5.46. The molecule has 3 nitrogen and oxygen atoms in total. The van der Waals surface area contributed by atoms with Crippen molar-refractivity contribution in [2.75, 3.05) is 4.72 Å². The molecule has 3 rings (SSSR count).